The largest absolute Gasteiger partial charge is 0.515 e. The van der Waals surface area contributed by atoms with Gasteiger partial charge in [0.2, 0.25) is 0 Å². The third-order valence-corrected chi connectivity index (χ3v) is 7.02. The molecule has 2 rings (SSSR count). The zero-order valence-corrected chi connectivity index (χ0v) is 18.4. The highest BCUT2D eigenvalue weighted by Crippen LogP contribution is 2.57. The Morgan fingerprint density at radius 1 is 1.43 bits per heavy atom. The van der Waals surface area contributed by atoms with E-state index in [1.807, 2.05) is 0 Å². The van der Waals surface area contributed by atoms with Crippen LogP contribution in [0.25, 0.3) is 0 Å². The quantitative estimate of drug-likeness (QED) is 0.255. The minimum Gasteiger partial charge on any atom is -0.515 e. The van der Waals surface area contributed by atoms with E-state index in [2.05, 4.69) is 6.58 Å². The SMILES string of the molecule is C=C(C=O)/C(=C\O)C(C)(C1=C(C(C)=O)C2CCC(=O)C2(C)CC1O)C(COC)OC. The summed E-state index contributed by atoms with van der Waals surface area (Å²) in [5, 5.41) is 21.4. The fourth-order valence-corrected chi connectivity index (χ4v) is 5.45. The number of Topliss-reactive ketones (excluding diaryl/α,β-unsaturated/α-hetero) is 2. The summed E-state index contributed by atoms with van der Waals surface area (Å²) in [4.78, 5) is 37.1. The van der Waals surface area contributed by atoms with Gasteiger partial charge in [0.1, 0.15) is 12.1 Å². The predicted octanol–water partition coefficient (Wildman–Crippen LogP) is 2.49. The second kappa shape index (κ2) is 8.96. The number of fused-ring (bicyclic) bond motifs is 1. The highest BCUT2D eigenvalue weighted by molar-refractivity contribution is 5.99. The molecule has 0 bridgehead atoms. The molecule has 2 aliphatic carbocycles. The topological polar surface area (TPSA) is 110 Å². The molecule has 5 unspecified atom stereocenters. The minimum absolute atomic E-state index is 0.00316. The molecular formula is C23H32O7. The number of aliphatic hydroxyl groups is 2. The molecule has 0 aromatic carbocycles. The highest BCUT2D eigenvalue weighted by atomic mass is 16.5. The average molecular weight is 421 g/mol. The zero-order valence-electron chi connectivity index (χ0n) is 18.4. The molecule has 0 amide bonds. The van der Waals surface area contributed by atoms with Crippen LogP contribution in [0.1, 0.15) is 40.0 Å². The van der Waals surface area contributed by atoms with E-state index < -0.39 is 23.0 Å². The number of aldehydes is 1. The Bertz CT molecular complexity index is 808. The molecule has 0 heterocycles. The summed E-state index contributed by atoms with van der Waals surface area (Å²) in [6, 6.07) is 0. The lowest BCUT2D eigenvalue weighted by Gasteiger charge is -2.48. The molecule has 7 nitrogen and oxygen atoms in total. The molecule has 0 spiro atoms. The van der Waals surface area contributed by atoms with Gasteiger partial charge in [0.15, 0.2) is 5.78 Å². The molecule has 5 atom stereocenters. The van der Waals surface area contributed by atoms with Gasteiger partial charge < -0.3 is 19.7 Å². The van der Waals surface area contributed by atoms with Gasteiger partial charge in [-0.15, -0.1) is 0 Å². The number of allylic oxidation sites excluding steroid dienone is 2. The number of ether oxygens (including phenoxy) is 2. The van der Waals surface area contributed by atoms with Gasteiger partial charge in [-0.3, -0.25) is 14.4 Å². The Kier molecular flexibility index (Phi) is 7.22. The van der Waals surface area contributed by atoms with E-state index in [0.717, 1.165) is 6.26 Å². The van der Waals surface area contributed by atoms with Crippen molar-refractivity contribution < 1.29 is 34.1 Å². The van der Waals surface area contributed by atoms with Gasteiger partial charge in [-0.05, 0) is 32.3 Å². The fraction of sp³-hybridized carbons (Fsp3) is 0.609. The van der Waals surface area contributed by atoms with E-state index in [4.69, 9.17) is 9.47 Å². The maximum absolute atomic E-state index is 12.9. The van der Waals surface area contributed by atoms with Gasteiger partial charge in [-0.2, -0.15) is 0 Å². The number of carbonyl (C=O) groups is 3. The first-order valence-corrected chi connectivity index (χ1v) is 10.0. The van der Waals surface area contributed by atoms with Gasteiger partial charge in [0.05, 0.1) is 25.1 Å². The molecule has 1 fully saturated rings. The summed E-state index contributed by atoms with van der Waals surface area (Å²) >= 11 is 0. The molecular weight excluding hydrogens is 388 g/mol. The zero-order chi connectivity index (χ0) is 22.9. The molecule has 0 saturated heterocycles. The number of carbonyl (C=O) groups excluding carboxylic acids is 3. The van der Waals surface area contributed by atoms with Crippen molar-refractivity contribution in [2.24, 2.45) is 16.7 Å². The van der Waals surface area contributed by atoms with E-state index in [1.54, 1.807) is 13.8 Å². The van der Waals surface area contributed by atoms with Crippen LogP contribution in [-0.2, 0) is 23.9 Å². The maximum Gasteiger partial charge on any atom is 0.156 e. The Hall–Kier alpha value is -2.09. The van der Waals surface area contributed by atoms with Crippen LogP contribution in [-0.4, -0.2) is 61.1 Å². The summed E-state index contributed by atoms with van der Waals surface area (Å²) in [5.41, 5.74) is -1.30. The van der Waals surface area contributed by atoms with E-state index in [-0.39, 0.29) is 41.7 Å². The van der Waals surface area contributed by atoms with Crippen LogP contribution in [0.2, 0.25) is 0 Å². The molecule has 0 radical (unpaired) electrons. The first-order valence-electron chi connectivity index (χ1n) is 10.0. The second-order valence-corrected chi connectivity index (χ2v) is 8.60. The van der Waals surface area contributed by atoms with Crippen molar-refractivity contribution >= 4 is 17.9 Å². The van der Waals surface area contributed by atoms with Crippen LogP contribution >= 0.6 is 0 Å². The van der Waals surface area contributed by atoms with Gasteiger partial charge in [0, 0.05) is 54.1 Å². The molecule has 0 aromatic rings. The number of ketones is 2. The van der Waals surface area contributed by atoms with Crippen molar-refractivity contribution in [2.75, 3.05) is 20.8 Å². The number of hydrogen-bond acceptors (Lipinski definition) is 7. The molecule has 0 aliphatic heterocycles. The number of rotatable bonds is 9. The summed E-state index contributed by atoms with van der Waals surface area (Å²) in [5.74, 6) is -0.589. The summed E-state index contributed by atoms with van der Waals surface area (Å²) in [6.07, 6.45) is 0.359. The summed E-state index contributed by atoms with van der Waals surface area (Å²) < 4.78 is 11.0. The summed E-state index contributed by atoms with van der Waals surface area (Å²) in [6.45, 7) is 8.70. The fourth-order valence-electron chi connectivity index (χ4n) is 5.45. The molecule has 0 aromatic heterocycles. The monoisotopic (exact) mass is 420 g/mol. The third-order valence-electron chi connectivity index (χ3n) is 7.02. The van der Waals surface area contributed by atoms with E-state index in [0.29, 0.717) is 30.3 Å². The number of aliphatic hydroxyl groups excluding tert-OH is 2. The van der Waals surface area contributed by atoms with Crippen molar-refractivity contribution in [3.63, 3.8) is 0 Å². The van der Waals surface area contributed by atoms with Crippen LogP contribution in [0.3, 0.4) is 0 Å². The van der Waals surface area contributed by atoms with Gasteiger partial charge in [-0.1, -0.05) is 13.5 Å². The van der Waals surface area contributed by atoms with Crippen molar-refractivity contribution in [3.05, 3.63) is 35.1 Å². The number of hydrogen-bond donors (Lipinski definition) is 2. The van der Waals surface area contributed by atoms with Crippen LogP contribution < -0.4 is 0 Å². The van der Waals surface area contributed by atoms with E-state index in [1.165, 1.54) is 21.1 Å². The second-order valence-electron chi connectivity index (χ2n) is 8.60. The molecule has 7 heteroatoms. The van der Waals surface area contributed by atoms with Crippen LogP contribution in [0.4, 0.5) is 0 Å². The highest BCUT2D eigenvalue weighted by Gasteiger charge is 2.58. The Morgan fingerprint density at radius 3 is 2.53 bits per heavy atom. The standard InChI is InChI=1S/C23H32O7/c1-13(10-24)16(11-25)23(4,19(30-6)12-29-5)21-17(27)9-22(3)15(7-8-18(22)28)20(21)14(2)26/h10-11,15,17,19,25,27H,1,7-9,12H2,2-6H3/b16-11+. The van der Waals surface area contributed by atoms with E-state index in [9.17, 15) is 24.6 Å². The lowest BCUT2D eigenvalue weighted by atomic mass is 9.57. The average Bonchev–Trinajstić information content (AvgIpc) is 2.98. The Morgan fingerprint density at radius 2 is 2.07 bits per heavy atom. The molecule has 2 aliphatic rings. The third kappa shape index (κ3) is 3.59. The number of methoxy groups -OCH3 is 2. The van der Waals surface area contributed by atoms with Crippen LogP contribution in [0.15, 0.2) is 35.1 Å². The van der Waals surface area contributed by atoms with Crippen molar-refractivity contribution in [1.82, 2.24) is 0 Å². The Labute approximate surface area is 177 Å². The Balaban J connectivity index is 2.91. The van der Waals surface area contributed by atoms with Crippen molar-refractivity contribution in [3.8, 4) is 0 Å². The lowest BCUT2D eigenvalue weighted by molar-refractivity contribution is -0.128. The van der Waals surface area contributed by atoms with Gasteiger partial charge in [0.25, 0.3) is 0 Å². The van der Waals surface area contributed by atoms with Crippen LogP contribution in [0.5, 0.6) is 0 Å². The first-order chi connectivity index (χ1) is 14.0. The van der Waals surface area contributed by atoms with Crippen molar-refractivity contribution in [2.45, 2.75) is 52.2 Å². The molecule has 166 valence electrons. The van der Waals surface area contributed by atoms with Crippen LogP contribution in [0, 0.1) is 16.7 Å². The molecule has 30 heavy (non-hydrogen) atoms. The molecule has 1 saturated carbocycles. The molecule has 2 N–H and O–H groups in total. The van der Waals surface area contributed by atoms with Gasteiger partial charge in [-0.25, -0.2) is 0 Å². The van der Waals surface area contributed by atoms with Gasteiger partial charge >= 0.3 is 0 Å². The smallest absolute Gasteiger partial charge is 0.156 e. The maximum atomic E-state index is 12.9. The van der Waals surface area contributed by atoms with Crippen molar-refractivity contribution in [1.29, 1.82) is 0 Å². The van der Waals surface area contributed by atoms with E-state index >= 15 is 0 Å². The minimum atomic E-state index is -1.30. The normalized spacial score (nSPS) is 29.9. The lowest BCUT2D eigenvalue weighted by Crippen LogP contribution is -2.50. The predicted molar refractivity (Wildman–Crippen MR) is 111 cm³/mol. The summed E-state index contributed by atoms with van der Waals surface area (Å²) in [7, 11) is 2.93. The first kappa shape index (κ1) is 24.2.